The van der Waals surface area contributed by atoms with Gasteiger partial charge in [0.25, 0.3) is 0 Å². The first-order chi connectivity index (χ1) is 28.9. The summed E-state index contributed by atoms with van der Waals surface area (Å²) in [6.07, 6.45) is 7.35. The molecule has 9 aromatic rings. The van der Waals surface area contributed by atoms with Crippen molar-refractivity contribution >= 4 is 0 Å². The van der Waals surface area contributed by atoms with Crippen LogP contribution in [0.4, 0.5) is 0 Å². The minimum Gasteiger partial charge on any atom is -0.265 e. The molecule has 0 aliphatic heterocycles. The summed E-state index contributed by atoms with van der Waals surface area (Å²) in [5.74, 6) is 0.669. The molecule has 0 unspecified atom stereocenters. The fraction of sp³-hybridized carbons (Fsp3) is 0.0556. The molecule has 0 N–H and O–H groups in total. The number of fused-ring (bicyclic) bond motifs is 3. The molecule has 278 valence electrons. The summed E-state index contributed by atoms with van der Waals surface area (Å²) in [6.45, 7) is 4.51. The van der Waals surface area contributed by atoms with Gasteiger partial charge >= 0.3 is 0 Å². The van der Waals surface area contributed by atoms with E-state index in [9.17, 15) is 5.26 Å². The van der Waals surface area contributed by atoms with E-state index < -0.39 is 0 Å². The second-order valence-electron chi connectivity index (χ2n) is 15.5. The van der Waals surface area contributed by atoms with E-state index >= 15 is 0 Å². The Hall–Kier alpha value is -7.81. The zero-order valence-electron chi connectivity index (χ0n) is 32.6. The largest absolute Gasteiger partial charge is 0.265 e. The molecule has 0 saturated carbocycles. The molecule has 0 amide bonds. The van der Waals surface area contributed by atoms with Crippen LogP contribution in [-0.4, -0.2) is 19.9 Å². The summed E-state index contributed by atoms with van der Waals surface area (Å²) < 4.78 is 0. The molecule has 6 aromatic carbocycles. The number of hydrogen-bond donors (Lipinski definition) is 0. The average molecular weight is 756 g/mol. The van der Waals surface area contributed by atoms with Crippen molar-refractivity contribution < 1.29 is 0 Å². The Balaban J connectivity index is 1.21. The zero-order valence-corrected chi connectivity index (χ0v) is 32.6. The van der Waals surface area contributed by atoms with Crippen LogP contribution in [0.25, 0.3) is 89.5 Å². The van der Waals surface area contributed by atoms with Gasteiger partial charge in [-0.2, -0.15) is 5.26 Å². The molecule has 0 radical (unpaired) electrons. The van der Waals surface area contributed by atoms with Crippen LogP contribution in [0.15, 0.2) is 189 Å². The number of pyridine rings is 2. The number of nitriles is 1. The van der Waals surface area contributed by atoms with Gasteiger partial charge in [0, 0.05) is 46.9 Å². The SMILES string of the molecule is CC1(C)c2cc(C#N)ccc2-c2ccc(-c3cc(-c4cc(-c5ccncc5)cc(-c5ccncc5)c4)cc(-c4cc(-c5ccccc5)nc(-c5ccccc5)n4)c3)cc21. The molecule has 1 aliphatic rings. The van der Waals surface area contributed by atoms with Gasteiger partial charge in [0.2, 0.25) is 0 Å². The van der Waals surface area contributed by atoms with Crippen LogP contribution in [0, 0.1) is 11.3 Å². The molecule has 0 atom stereocenters. The van der Waals surface area contributed by atoms with Crippen LogP contribution in [0.1, 0.15) is 30.5 Å². The van der Waals surface area contributed by atoms with Gasteiger partial charge in [0.15, 0.2) is 5.82 Å². The highest BCUT2D eigenvalue weighted by Gasteiger charge is 2.36. The molecular weight excluding hydrogens is 719 g/mol. The minimum absolute atomic E-state index is 0.284. The Kier molecular flexibility index (Phi) is 8.81. The maximum atomic E-state index is 9.75. The predicted octanol–water partition coefficient (Wildman–Crippen LogP) is 13.1. The molecule has 0 saturated heterocycles. The third kappa shape index (κ3) is 6.67. The monoisotopic (exact) mass is 755 g/mol. The molecular formula is C54H37N5. The standard InChI is InChI=1S/C54H37N5/c1-54(2)49-25-35(34-55)13-15-47(49)48-16-14-40(32-50(48)54)43-29-45(44-27-41(36-17-21-56-22-18-36)26-42(28-44)37-19-23-57-24-20-37)31-46(30-43)52-33-51(38-9-5-3-6-10-38)58-53(59-52)39-11-7-4-8-12-39/h3-33H,1-2H3. The van der Waals surface area contributed by atoms with Gasteiger partial charge in [0.1, 0.15) is 0 Å². The Morgan fingerprint density at radius 1 is 0.390 bits per heavy atom. The summed E-state index contributed by atoms with van der Waals surface area (Å²) in [5.41, 5.74) is 18.5. The number of aromatic nitrogens is 4. The maximum absolute atomic E-state index is 9.75. The number of hydrogen-bond acceptors (Lipinski definition) is 5. The first-order valence-electron chi connectivity index (χ1n) is 19.7. The van der Waals surface area contributed by atoms with Crippen LogP contribution in [0.2, 0.25) is 0 Å². The Bertz CT molecular complexity index is 2800. The molecule has 1 aliphatic carbocycles. The molecule has 59 heavy (non-hydrogen) atoms. The lowest BCUT2D eigenvalue weighted by Crippen LogP contribution is -2.15. The molecule has 3 heterocycles. The van der Waals surface area contributed by atoms with Gasteiger partial charge in [-0.25, -0.2) is 9.97 Å². The second-order valence-corrected chi connectivity index (χ2v) is 15.5. The van der Waals surface area contributed by atoms with Crippen LogP contribution in [0.5, 0.6) is 0 Å². The van der Waals surface area contributed by atoms with Gasteiger partial charge in [-0.1, -0.05) is 92.7 Å². The van der Waals surface area contributed by atoms with Crippen molar-refractivity contribution in [3.63, 3.8) is 0 Å². The van der Waals surface area contributed by atoms with E-state index in [0.29, 0.717) is 11.4 Å². The lowest BCUT2D eigenvalue weighted by Gasteiger charge is -2.22. The van der Waals surface area contributed by atoms with Crippen LogP contribution < -0.4 is 0 Å². The van der Waals surface area contributed by atoms with Crippen LogP contribution in [0.3, 0.4) is 0 Å². The summed E-state index contributed by atoms with van der Waals surface area (Å²) in [5, 5.41) is 9.75. The molecule has 5 nitrogen and oxygen atoms in total. The molecule has 0 spiro atoms. The van der Waals surface area contributed by atoms with E-state index in [-0.39, 0.29) is 5.41 Å². The third-order valence-corrected chi connectivity index (χ3v) is 11.5. The van der Waals surface area contributed by atoms with Crippen molar-refractivity contribution in [1.29, 1.82) is 5.26 Å². The highest BCUT2D eigenvalue weighted by molar-refractivity contribution is 5.89. The van der Waals surface area contributed by atoms with E-state index in [1.807, 2.05) is 73.3 Å². The maximum Gasteiger partial charge on any atom is 0.160 e. The van der Waals surface area contributed by atoms with E-state index in [0.717, 1.165) is 72.6 Å². The highest BCUT2D eigenvalue weighted by atomic mass is 14.9. The highest BCUT2D eigenvalue weighted by Crippen LogP contribution is 2.50. The average Bonchev–Trinajstić information content (AvgIpc) is 3.54. The van der Waals surface area contributed by atoms with Gasteiger partial charge in [-0.05, 0) is 152 Å². The summed E-state index contributed by atoms with van der Waals surface area (Å²) >= 11 is 0. The fourth-order valence-electron chi connectivity index (χ4n) is 8.38. The number of nitrogens with zero attached hydrogens (tertiary/aromatic N) is 5. The van der Waals surface area contributed by atoms with Crippen LogP contribution in [-0.2, 0) is 5.41 Å². The second kappa shape index (κ2) is 14.6. The normalized spacial score (nSPS) is 12.4. The summed E-state index contributed by atoms with van der Waals surface area (Å²) in [4.78, 5) is 19.0. The van der Waals surface area contributed by atoms with E-state index in [4.69, 9.17) is 9.97 Å². The summed E-state index contributed by atoms with van der Waals surface area (Å²) in [6, 6.07) is 59.6. The van der Waals surface area contributed by atoms with Crippen molar-refractivity contribution in [1.82, 2.24) is 19.9 Å². The van der Waals surface area contributed by atoms with Gasteiger partial charge in [-0.15, -0.1) is 0 Å². The van der Waals surface area contributed by atoms with E-state index in [1.165, 1.54) is 22.3 Å². The predicted molar refractivity (Wildman–Crippen MR) is 238 cm³/mol. The third-order valence-electron chi connectivity index (χ3n) is 11.5. The molecule has 0 bridgehead atoms. The first kappa shape index (κ1) is 35.6. The molecule has 0 fully saturated rings. The zero-order chi connectivity index (χ0) is 39.9. The van der Waals surface area contributed by atoms with Gasteiger partial charge < -0.3 is 0 Å². The topological polar surface area (TPSA) is 75.3 Å². The van der Waals surface area contributed by atoms with Crippen molar-refractivity contribution in [3.05, 3.63) is 205 Å². The lowest BCUT2D eigenvalue weighted by atomic mass is 9.81. The molecule has 3 aromatic heterocycles. The Morgan fingerprint density at radius 3 is 1.41 bits per heavy atom. The van der Waals surface area contributed by atoms with Gasteiger partial charge in [-0.3, -0.25) is 9.97 Å². The Labute approximate surface area is 344 Å². The van der Waals surface area contributed by atoms with E-state index in [2.05, 4.69) is 145 Å². The van der Waals surface area contributed by atoms with Gasteiger partial charge in [0.05, 0.1) is 23.0 Å². The minimum atomic E-state index is -0.284. The number of benzene rings is 6. The first-order valence-corrected chi connectivity index (χ1v) is 19.7. The smallest absolute Gasteiger partial charge is 0.160 e. The molecule has 10 rings (SSSR count). The van der Waals surface area contributed by atoms with Crippen molar-refractivity contribution in [3.8, 4) is 95.6 Å². The van der Waals surface area contributed by atoms with E-state index in [1.54, 1.807) is 0 Å². The quantitative estimate of drug-likeness (QED) is 0.162. The van der Waals surface area contributed by atoms with Crippen molar-refractivity contribution in [2.24, 2.45) is 0 Å². The van der Waals surface area contributed by atoms with Crippen molar-refractivity contribution in [2.75, 3.05) is 0 Å². The van der Waals surface area contributed by atoms with Crippen LogP contribution >= 0.6 is 0 Å². The molecule has 5 heteroatoms. The lowest BCUT2D eigenvalue weighted by molar-refractivity contribution is 0.660. The van der Waals surface area contributed by atoms with Crippen molar-refractivity contribution in [2.45, 2.75) is 19.3 Å². The summed E-state index contributed by atoms with van der Waals surface area (Å²) in [7, 11) is 0. The fourth-order valence-corrected chi connectivity index (χ4v) is 8.38. The Morgan fingerprint density at radius 2 is 0.847 bits per heavy atom. The number of rotatable bonds is 7.